The summed E-state index contributed by atoms with van der Waals surface area (Å²) >= 11 is 0. The topological polar surface area (TPSA) is 59.1 Å². The second-order valence-electron chi connectivity index (χ2n) is 7.87. The average Bonchev–Trinajstić information content (AvgIpc) is 3.11. The lowest BCUT2D eigenvalue weighted by Crippen LogP contribution is -2.34. The van der Waals surface area contributed by atoms with E-state index in [0.717, 1.165) is 5.56 Å². The molecule has 3 aromatic carbocycles. The lowest BCUT2D eigenvalue weighted by molar-refractivity contribution is -0.120. The van der Waals surface area contributed by atoms with E-state index in [2.05, 4.69) is 0 Å². The molecule has 1 aliphatic rings. The maximum Gasteiger partial charge on any atom is 0.282 e. The van der Waals surface area contributed by atoms with Crippen LogP contribution in [0.5, 0.6) is 11.5 Å². The van der Waals surface area contributed by atoms with Crippen LogP contribution in [0.15, 0.2) is 84.6 Å². The molecule has 3 aromatic rings. The third-order valence-corrected chi connectivity index (χ3v) is 5.55. The Bertz CT molecular complexity index is 1210. The molecular weight excluding hydrogens is 428 g/mol. The van der Waals surface area contributed by atoms with Crippen LogP contribution in [0.2, 0.25) is 0 Å². The van der Waals surface area contributed by atoms with Crippen molar-refractivity contribution in [2.24, 2.45) is 0 Å². The Morgan fingerprint density at radius 1 is 0.765 bits per heavy atom. The van der Waals surface area contributed by atoms with Crippen LogP contribution in [0, 0.1) is 0 Å². The summed E-state index contributed by atoms with van der Waals surface area (Å²) in [6.07, 6.45) is 0. The summed E-state index contributed by atoms with van der Waals surface area (Å²) in [7, 11) is 1.84. The van der Waals surface area contributed by atoms with Gasteiger partial charge in [0, 0.05) is 19.7 Å². The number of carbonyl (C=O) groups excluding carboxylic acids is 2. The first-order valence-electron chi connectivity index (χ1n) is 11.4. The Morgan fingerprint density at radius 3 is 2.03 bits per heavy atom. The van der Waals surface area contributed by atoms with Crippen molar-refractivity contribution in [1.82, 2.24) is 4.90 Å². The van der Waals surface area contributed by atoms with Crippen molar-refractivity contribution in [1.29, 1.82) is 0 Å². The van der Waals surface area contributed by atoms with Crippen LogP contribution in [-0.4, -0.2) is 37.0 Å². The number of likely N-dealkylation sites (N-methyl/N-ethyl adjacent to an activating group) is 1. The largest absolute Gasteiger partial charge is 0.490 e. The summed E-state index contributed by atoms with van der Waals surface area (Å²) in [6.45, 7) is 5.17. The van der Waals surface area contributed by atoms with E-state index in [-0.39, 0.29) is 11.8 Å². The molecule has 0 aliphatic carbocycles. The zero-order valence-electron chi connectivity index (χ0n) is 19.7. The van der Waals surface area contributed by atoms with E-state index in [4.69, 9.17) is 9.47 Å². The maximum atomic E-state index is 13.7. The molecular formula is C28H28N2O4. The third-order valence-electron chi connectivity index (χ3n) is 5.55. The molecule has 1 heterocycles. The summed E-state index contributed by atoms with van der Waals surface area (Å²) in [6, 6.07) is 24.3. The monoisotopic (exact) mass is 456 g/mol. The highest BCUT2D eigenvalue weighted by atomic mass is 16.5. The fraction of sp³-hybridized carbons (Fsp3) is 0.214. The Kier molecular flexibility index (Phi) is 6.97. The summed E-state index contributed by atoms with van der Waals surface area (Å²) < 4.78 is 11.4. The number of rotatable bonds is 9. The van der Waals surface area contributed by atoms with Gasteiger partial charge in [-0.3, -0.25) is 9.59 Å². The molecule has 0 N–H and O–H groups in total. The molecule has 0 saturated heterocycles. The van der Waals surface area contributed by atoms with Crippen molar-refractivity contribution >= 4 is 23.1 Å². The molecule has 0 saturated carbocycles. The highest BCUT2D eigenvalue weighted by molar-refractivity contribution is 6.45. The minimum Gasteiger partial charge on any atom is -0.490 e. The normalized spacial score (nSPS) is 13.4. The Labute approximate surface area is 200 Å². The van der Waals surface area contributed by atoms with Crippen molar-refractivity contribution in [2.75, 3.05) is 25.2 Å². The standard InChI is InChI=1S/C28H28N2O4/c1-4-33-23-17-16-22(18-24(23)34-5-2)30-27(31)25(21-14-10-7-11-15-21)26(28(30)32)29(3)19-20-12-8-6-9-13-20/h6-18H,4-5,19H2,1-3H3. The SMILES string of the molecule is CCOc1ccc(N2C(=O)C(c3ccccc3)=C(N(C)Cc3ccccc3)C2=O)cc1OCC. The molecule has 0 fully saturated rings. The van der Waals surface area contributed by atoms with Gasteiger partial charge in [0.1, 0.15) is 5.70 Å². The number of nitrogens with zero attached hydrogens (tertiary/aromatic N) is 2. The Hall–Kier alpha value is -4.06. The van der Waals surface area contributed by atoms with E-state index in [1.54, 1.807) is 18.2 Å². The van der Waals surface area contributed by atoms with Crippen molar-refractivity contribution in [3.05, 3.63) is 95.7 Å². The van der Waals surface area contributed by atoms with Gasteiger partial charge in [-0.1, -0.05) is 60.7 Å². The van der Waals surface area contributed by atoms with Crippen molar-refractivity contribution < 1.29 is 19.1 Å². The fourth-order valence-electron chi connectivity index (χ4n) is 4.09. The number of imide groups is 1. The number of hydrogen-bond acceptors (Lipinski definition) is 5. The fourth-order valence-corrected chi connectivity index (χ4v) is 4.09. The first-order chi connectivity index (χ1) is 16.5. The van der Waals surface area contributed by atoms with Crippen molar-refractivity contribution in [3.63, 3.8) is 0 Å². The van der Waals surface area contributed by atoms with Crippen molar-refractivity contribution in [2.45, 2.75) is 20.4 Å². The van der Waals surface area contributed by atoms with Gasteiger partial charge in [0.15, 0.2) is 11.5 Å². The number of anilines is 1. The van der Waals surface area contributed by atoms with E-state index < -0.39 is 0 Å². The van der Waals surface area contributed by atoms with Crippen LogP contribution in [-0.2, 0) is 16.1 Å². The lowest BCUT2D eigenvalue weighted by atomic mass is 10.0. The van der Waals surface area contributed by atoms with Gasteiger partial charge >= 0.3 is 0 Å². The van der Waals surface area contributed by atoms with Crippen molar-refractivity contribution in [3.8, 4) is 11.5 Å². The molecule has 6 heteroatoms. The van der Waals surface area contributed by atoms with Crippen LogP contribution in [0.1, 0.15) is 25.0 Å². The second kappa shape index (κ2) is 10.3. The van der Waals surface area contributed by atoms with Crippen LogP contribution in [0.3, 0.4) is 0 Å². The van der Waals surface area contributed by atoms with Crippen LogP contribution in [0.25, 0.3) is 5.57 Å². The third kappa shape index (κ3) is 4.53. The molecule has 2 amide bonds. The van der Waals surface area contributed by atoms with Gasteiger partial charge in [-0.2, -0.15) is 0 Å². The average molecular weight is 457 g/mol. The zero-order chi connectivity index (χ0) is 24.1. The van der Waals surface area contributed by atoms with Crippen LogP contribution >= 0.6 is 0 Å². The van der Waals surface area contributed by atoms with E-state index in [9.17, 15) is 9.59 Å². The molecule has 0 aromatic heterocycles. The van der Waals surface area contributed by atoms with Gasteiger partial charge in [0.05, 0.1) is 24.5 Å². The van der Waals surface area contributed by atoms with Gasteiger partial charge in [0.2, 0.25) is 0 Å². The smallest absolute Gasteiger partial charge is 0.282 e. The molecule has 4 rings (SSSR count). The predicted octanol–water partition coefficient (Wildman–Crippen LogP) is 4.90. The van der Waals surface area contributed by atoms with E-state index >= 15 is 0 Å². The minimum absolute atomic E-state index is 0.363. The summed E-state index contributed by atoms with van der Waals surface area (Å²) in [5, 5.41) is 0. The molecule has 0 bridgehead atoms. The summed E-state index contributed by atoms with van der Waals surface area (Å²) in [5.41, 5.74) is 2.94. The molecule has 0 spiro atoms. The van der Waals surface area contributed by atoms with Gasteiger partial charge in [0.25, 0.3) is 11.8 Å². The predicted molar refractivity (Wildman–Crippen MR) is 133 cm³/mol. The highest BCUT2D eigenvalue weighted by Gasteiger charge is 2.42. The lowest BCUT2D eigenvalue weighted by Gasteiger charge is -2.22. The number of ether oxygens (including phenoxy) is 2. The Balaban J connectivity index is 1.76. The molecule has 6 nitrogen and oxygen atoms in total. The number of benzene rings is 3. The molecule has 0 radical (unpaired) electrons. The highest BCUT2D eigenvalue weighted by Crippen LogP contribution is 2.38. The van der Waals surface area contributed by atoms with Gasteiger partial charge in [-0.05, 0) is 37.1 Å². The van der Waals surface area contributed by atoms with Gasteiger partial charge in [-0.15, -0.1) is 0 Å². The zero-order valence-corrected chi connectivity index (χ0v) is 19.7. The first-order valence-corrected chi connectivity index (χ1v) is 11.4. The number of hydrogen-bond donors (Lipinski definition) is 0. The number of amides is 2. The van der Waals surface area contributed by atoms with E-state index in [1.165, 1.54) is 4.90 Å². The van der Waals surface area contributed by atoms with Crippen LogP contribution < -0.4 is 14.4 Å². The molecule has 1 aliphatic heterocycles. The van der Waals surface area contributed by atoms with Gasteiger partial charge < -0.3 is 14.4 Å². The van der Waals surface area contributed by atoms with E-state index in [0.29, 0.717) is 53.8 Å². The Morgan fingerprint density at radius 2 is 1.38 bits per heavy atom. The number of carbonyl (C=O) groups is 2. The van der Waals surface area contributed by atoms with Gasteiger partial charge in [-0.25, -0.2) is 4.90 Å². The molecule has 0 atom stereocenters. The van der Waals surface area contributed by atoms with Crippen LogP contribution in [0.4, 0.5) is 5.69 Å². The first kappa shape index (κ1) is 23.1. The molecule has 34 heavy (non-hydrogen) atoms. The maximum absolute atomic E-state index is 13.7. The molecule has 0 unspecified atom stereocenters. The van der Waals surface area contributed by atoms with E-state index in [1.807, 2.05) is 86.5 Å². The minimum atomic E-state index is -0.367. The summed E-state index contributed by atoms with van der Waals surface area (Å²) in [4.78, 5) is 30.5. The quantitative estimate of drug-likeness (QED) is 0.429. The summed E-state index contributed by atoms with van der Waals surface area (Å²) in [5.74, 6) is 0.339. The second-order valence-corrected chi connectivity index (χ2v) is 7.87. The molecule has 174 valence electrons.